The van der Waals surface area contributed by atoms with E-state index in [1.807, 2.05) is 37.3 Å². The number of aromatic nitrogens is 4. The number of aryl methyl sites for hydroxylation is 2. The Balaban J connectivity index is 1.61. The van der Waals surface area contributed by atoms with Gasteiger partial charge in [-0.15, -0.1) is 0 Å². The van der Waals surface area contributed by atoms with Gasteiger partial charge in [0.25, 0.3) is 0 Å². The molecule has 2 aromatic heterocycles. The third-order valence-corrected chi connectivity index (χ3v) is 6.18. The molecule has 140 valence electrons. The minimum Gasteiger partial charge on any atom is -0.272 e. The number of nitrogens with zero attached hydrogens (tertiary/aromatic N) is 4. The van der Waals surface area contributed by atoms with Crippen molar-refractivity contribution in [1.29, 1.82) is 0 Å². The quantitative estimate of drug-likeness (QED) is 0.732. The summed E-state index contributed by atoms with van der Waals surface area (Å²) in [5.41, 5.74) is 2.72. The topological polar surface area (TPSA) is 89.8 Å². The number of hydrogen-bond donors (Lipinski definition) is 1. The van der Waals surface area contributed by atoms with E-state index in [0.29, 0.717) is 12.4 Å². The average molecular weight is 383 g/mol. The Bertz CT molecular complexity index is 1050. The van der Waals surface area contributed by atoms with Crippen LogP contribution in [-0.2, 0) is 23.0 Å². The standard InChI is InChI=1S/C19H21N5O2S/c1-2-24-13-15(11-21-24)27(25,26)23-18-10-6-9-17-16(18)12-20-19(22-17)14-7-4-3-5-8-14/h3-5,7-8,11-13,18,23H,2,6,9-10H2,1H3. The molecule has 1 atom stereocenters. The molecule has 0 spiro atoms. The van der Waals surface area contributed by atoms with Crippen LogP contribution in [0.1, 0.15) is 37.1 Å². The van der Waals surface area contributed by atoms with Gasteiger partial charge in [-0.3, -0.25) is 4.68 Å². The van der Waals surface area contributed by atoms with Gasteiger partial charge in [0.15, 0.2) is 5.82 Å². The number of nitrogens with one attached hydrogen (secondary N) is 1. The zero-order chi connectivity index (χ0) is 18.9. The molecular weight excluding hydrogens is 362 g/mol. The van der Waals surface area contributed by atoms with Crippen molar-refractivity contribution >= 4 is 10.0 Å². The van der Waals surface area contributed by atoms with Crippen molar-refractivity contribution in [3.63, 3.8) is 0 Å². The number of hydrogen-bond acceptors (Lipinski definition) is 5. The van der Waals surface area contributed by atoms with E-state index in [-0.39, 0.29) is 10.9 Å². The lowest BCUT2D eigenvalue weighted by molar-refractivity contribution is 0.500. The third-order valence-electron chi connectivity index (χ3n) is 4.76. The smallest absolute Gasteiger partial charge is 0.244 e. The highest BCUT2D eigenvalue weighted by Gasteiger charge is 2.28. The zero-order valence-electron chi connectivity index (χ0n) is 15.0. The first-order valence-electron chi connectivity index (χ1n) is 9.03. The lowest BCUT2D eigenvalue weighted by atomic mass is 9.93. The Kier molecular flexibility index (Phi) is 4.75. The molecule has 8 heteroatoms. The lowest BCUT2D eigenvalue weighted by Gasteiger charge is -2.25. The van der Waals surface area contributed by atoms with Gasteiger partial charge in [0.1, 0.15) is 4.90 Å². The summed E-state index contributed by atoms with van der Waals surface area (Å²) in [6.45, 7) is 2.54. The van der Waals surface area contributed by atoms with E-state index in [9.17, 15) is 8.42 Å². The summed E-state index contributed by atoms with van der Waals surface area (Å²) >= 11 is 0. The van der Waals surface area contributed by atoms with Crippen LogP contribution in [0.25, 0.3) is 11.4 Å². The summed E-state index contributed by atoms with van der Waals surface area (Å²) in [5, 5.41) is 4.06. The summed E-state index contributed by atoms with van der Waals surface area (Å²) in [7, 11) is -3.64. The largest absolute Gasteiger partial charge is 0.272 e. The molecule has 0 aliphatic heterocycles. The van der Waals surface area contributed by atoms with Crippen LogP contribution in [0, 0.1) is 0 Å². The number of rotatable bonds is 5. The highest BCUT2D eigenvalue weighted by molar-refractivity contribution is 7.89. The van der Waals surface area contributed by atoms with E-state index >= 15 is 0 Å². The van der Waals surface area contributed by atoms with E-state index in [2.05, 4.69) is 14.8 Å². The molecule has 0 fully saturated rings. The lowest BCUT2D eigenvalue weighted by Crippen LogP contribution is -2.31. The Morgan fingerprint density at radius 2 is 2.04 bits per heavy atom. The minimum absolute atomic E-state index is 0.179. The molecular formula is C19H21N5O2S. The van der Waals surface area contributed by atoms with Crippen LogP contribution in [0.5, 0.6) is 0 Å². The Morgan fingerprint density at radius 1 is 1.22 bits per heavy atom. The molecule has 1 unspecified atom stereocenters. The molecule has 27 heavy (non-hydrogen) atoms. The molecule has 4 rings (SSSR count). The van der Waals surface area contributed by atoms with Gasteiger partial charge in [0.05, 0.1) is 12.2 Å². The first kappa shape index (κ1) is 17.8. The summed E-state index contributed by atoms with van der Waals surface area (Å²) in [6, 6.07) is 9.46. The van der Waals surface area contributed by atoms with Crippen molar-refractivity contribution in [2.24, 2.45) is 0 Å². The molecule has 1 N–H and O–H groups in total. The van der Waals surface area contributed by atoms with Crippen LogP contribution >= 0.6 is 0 Å². The van der Waals surface area contributed by atoms with Gasteiger partial charge in [-0.2, -0.15) is 5.10 Å². The van der Waals surface area contributed by atoms with E-state index < -0.39 is 10.0 Å². The van der Waals surface area contributed by atoms with Gasteiger partial charge in [0.2, 0.25) is 10.0 Å². The number of sulfonamides is 1. The van der Waals surface area contributed by atoms with Gasteiger partial charge >= 0.3 is 0 Å². The van der Waals surface area contributed by atoms with Crippen LogP contribution in [0.4, 0.5) is 0 Å². The summed E-state index contributed by atoms with van der Waals surface area (Å²) in [4.78, 5) is 9.34. The molecule has 7 nitrogen and oxygen atoms in total. The predicted octanol–water partition coefficient (Wildman–Crippen LogP) is 2.72. The fourth-order valence-corrected chi connectivity index (χ4v) is 4.51. The van der Waals surface area contributed by atoms with Gasteiger partial charge in [0, 0.05) is 35.8 Å². The third kappa shape index (κ3) is 3.63. The Morgan fingerprint density at radius 3 is 2.78 bits per heavy atom. The first-order valence-corrected chi connectivity index (χ1v) is 10.5. The van der Waals surface area contributed by atoms with Gasteiger partial charge in [-0.25, -0.2) is 23.1 Å². The molecule has 0 saturated carbocycles. The predicted molar refractivity (Wildman–Crippen MR) is 101 cm³/mol. The van der Waals surface area contributed by atoms with Crippen molar-refractivity contribution in [3.05, 3.63) is 60.2 Å². The van der Waals surface area contributed by atoms with Crippen LogP contribution in [0.3, 0.4) is 0 Å². The van der Waals surface area contributed by atoms with E-state index in [4.69, 9.17) is 4.98 Å². The maximum Gasteiger partial charge on any atom is 0.244 e. The SMILES string of the molecule is CCn1cc(S(=O)(=O)NC2CCCc3nc(-c4ccccc4)ncc32)cn1. The monoisotopic (exact) mass is 383 g/mol. The molecule has 1 aliphatic carbocycles. The van der Waals surface area contributed by atoms with E-state index in [1.165, 1.54) is 6.20 Å². The van der Waals surface area contributed by atoms with E-state index in [0.717, 1.165) is 36.1 Å². The van der Waals surface area contributed by atoms with Crippen LogP contribution in [0.2, 0.25) is 0 Å². The highest BCUT2D eigenvalue weighted by Crippen LogP contribution is 2.30. The molecule has 0 radical (unpaired) electrons. The summed E-state index contributed by atoms with van der Waals surface area (Å²) in [5.74, 6) is 0.669. The molecule has 0 saturated heterocycles. The molecule has 3 aromatic rings. The average Bonchev–Trinajstić information content (AvgIpc) is 3.19. The molecule has 1 aliphatic rings. The second kappa shape index (κ2) is 7.21. The molecule has 2 heterocycles. The fourth-order valence-electron chi connectivity index (χ4n) is 3.31. The Labute approximate surface area is 158 Å². The van der Waals surface area contributed by atoms with Crippen molar-refractivity contribution < 1.29 is 8.42 Å². The Hall–Kier alpha value is -2.58. The van der Waals surface area contributed by atoms with Crippen LogP contribution < -0.4 is 4.72 Å². The number of benzene rings is 1. The fraction of sp³-hybridized carbons (Fsp3) is 0.316. The van der Waals surface area contributed by atoms with Crippen molar-refractivity contribution in [2.75, 3.05) is 0 Å². The molecule has 0 bridgehead atoms. The highest BCUT2D eigenvalue weighted by atomic mass is 32.2. The first-order chi connectivity index (χ1) is 13.1. The van der Waals surface area contributed by atoms with E-state index in [1.54, 1.807) is 17.1 Å². The van der Waals surface area contributed by atoms with Crippen molar-refractivity contribution in [1.82, 2.24) is 24.5 Å². The van der Waals surface area contributed by atoms with Crippen LogP contribution in [0.15, 0.2) is 53.8 Å². The normalized spacial score (nSPS) is 16.9. The van der Waals surface area contributed by atoms with Crippen molar-refractivity contribution in [2.45, 2.75) is 43.7 Å². The molecule has 0 amide bonds. The van der Waals surface area contributed by atoms with Gasteiger partial charge < -0.3 is 0 Å². The maximum absolute atomic E-state index is 12.7. The second-order valence-electron chi connectivity index (χ2n) is 6.56. The van der Waals surface area contributed by atoms with Crippen LogP contribution in [-0.4, -0.2) is 28.2 Å². The number of fused-ring (bicyclic) bond motifs is 1. The van der Waals surface area contributed by atoms with Gasteiger partial charge in [-0.1, -0.05) is 30.3 Å². The summed E-state index contributed by atoms with van der Waals surface area (Å²) < 4.78 is 29.8. The van der Waals surface area contributed by atoms with Gasteiger partial charge in [-0.05, 0) is 26.2 Å². The van der Waals surface area contributed by atoms with Crippen molar-refractivity contribution in [3.8, 4) is 11.4 Å². The minimum atomic E-state index is -3.64. The second-order valence-corrected chi connectivity index (χ2v) is 8.27. The maximum atomic E-state index is 12.7. The summed E-state index contributed by atoms with van der Waals surface area (Å²) in [6.07, 6.45) is 7.10. The zero-order valence-corrected chi connectivity index (χ0v) is 15.9. The molecule has 1 aromatic carbocycles.